The highest BCUT2D eigenvalue weighted by molar-refractivity contribution is 5.67. The first kappa shape index (κ1) is 17.8. The minimum Gasteiger partial charge on any atom is -0.505 e. The highest BCUT2D eigenvalue weighted by Gasteiger charge is 2.15. The number of phenols is 1. The molecule has 0 saturated carbocycles. The maximum Gasteiger partial charge on any atom is 0.407 e. The molecule has 1 heterocycles. The maximum absolute atomic E-state index is 13.9. The van der Waals surface area contributed by atoms with Crippen LogP contribution in [0.5, 0.6) is 5.75 Å². The van der Waals surface area contributed by atoms with E-state index in [1.165, 1.54) is 6.07 Å². The second kappa shape index (κ2) is 7.33. The van der Waals surface area contributed by atoms with Crippen molar-refractivity contribution < 1.29 is 19.0 Å². The molecule has 0 aliphatic carbocycles. The van der Waals surface area contributed by atoms with Crippen molar-refractivity contribution in [2.75, 3.05) is 6.54 Å². The van der Waals surface area contributed by atoms with Crippen LogP contribution in [0.4, 0.5) is 9.18 Å². The van der Waals surface area contributed by atoms with Gasteiger partial charge < -0.3 is 15.2 Å². The number of alkyl carbamates (subject to hydrolysis) is 1. The van der Waals surface area contributed by atoms with E-state index in [0.29, 0.717) is 30.6 Å². The molecule has 1 amide bonds. The van der Waals surface area contributed by atoms with Gasteiger partial charge in [-0.05, 0) is 33.3 Å². The molecule has 6 nitrogen and oxygen atoms in total. The number of nitrogens with zero attached hydrogens (tertiary/aromatic N) is 2. The van der Waals surface area contributed by atoms with Crippen molar-refractivity contribution in [2.45, 2.75) is 39.3 Å². The summed E-state index contributed by atoms with van der Waals surface area (Å²) in [4.78, 5) is 11.5. The first-order chi connectivity index (χ1) is 11.3. The molecule has 0 unspecified atom stereocenters. The Morgan fingerprint density at radius 1 is 1.42 bits per heavy atom. The molecule has 2 N–H and O–H groups in total. The Hall–Kier alpha value is -2.57. The SMILES string of the molecule is CC(C)(C)OC(=O)NCCCn1cc(-c2cccc(O)c2F)cn1. The number of nitrogens with one attached hydrogen (secondary N) is 1. The number of benzene rings is 1. The lowest BCUT2D eigenvalue weighted by Gasteiger charge is -2.19. The van der Waals surface area contributed by atoms with Gasteiger partial charge >= 0.3 is 6.09 Å². The Labute approximate surface area is 140 Å². The van der Waals surface area contributed by atoms with Gasteiger partial charge in [-0.15, -0.1) is 0 Å². The summed E-state index contributed by atoms with van der Waals surface area (Å²) in [5, 5.41) is 16.3. The summed E-state index contributed by atoms with van der Waals surface area (Å²) in [6.07, 6.45) is 3.44. The number of hydrogen-bond acceptors (Lipinski definition) is 4. The quantitative estimate of drug-likeness (QED) is 0.822. The highest BCUT2D eigenvalue weighted by Crippen LogP contribution is 2.27. The molecule has 0 radical (unpaired) electrons. The third kappa shape index (κ3) is 4.97. The van der Waals surface area contributed by atoms with Gasteiger partial charge in [0, 0.05) is 30.4 Å². The third-order valence-electron chi connectivity index (χ3n) is 3.15. The van der Waals surface area contributed by atoms with Crippen LogP contribution in [0.1, 0.15) is 27.2 Å². The number of phenolic OH excluding ortho intramolecular Hbond substituents is 1. The van der Waals surface area contributed by atoms with E-state index < -0.39 is 17.5 Å². The fraction of sp³-hybridized carbons (Fsp3) is 0.412. The average molecular weight is 335 g/mol. The normalized spacial score (nSPS) is 11.3. The third-order valence-corrected chi connectivity index (χ3v) is 3.15. The predicted molar refractivity (Wildman–Crippen MR) is 88.1 cm³/mol. The van der Waals surface area contributed by atoms with Gasteiger partial charge in [0.2, 0.25) is 0 Å². The zero-order chi connectivity index (χ0) is 17.7. The first-order valence-electron chi connectivity index (χ1n) is 7.73. The van der Waals surface area contributed by atoms with Gasteiger partial charge in [0.05, 0.1) is 6.20 Å². The van der Waals surface area contributed by atoms with Gasteiger partial charge in [-0.1, -0.05) is 12.1 Å². The Morgan fingerprint density at radius 3 is 2.88 bits per heavy atom. The molecule has 0 saturated heterocycles. The summed E-state index contributed by atoms with van der Waals surface area (Å²) in [5.41, 5.74) is 0.364. The molecular weight excluding hydrogens is 313 g/mol. The van der Waals surface area contributed by atoms with Crippen molar-refractivity contribution >= 4 is 6.09 Å². The standard InChI is InChI=1S/C17H22FN3O3/c1-17(2,3)24-16(23)19-8-5-9-21-11-12(10-20-21)13-6-4-7-14(22)15(13)18/h4,6-7,10-11,22H,5,8-9H2,1-3H3,(H,19,23). The fourth-order valence-electron chi connectivity index (χ4n) is 2.11. The van der Waals surface area contributed by atoms with Crippen LogP contribution in [0, 0.1) is 5.82 Å². The van der Waals surface area contributed by atoms with Gasteiger partial charge in [0.15, 0.2) is 11.6 Å². The molecule has 24 heavy (non-hydrogen) atoms. The summed E-state index contributed by atoms with van der Waals surface area (Å²) in [6.45, 7) is 6.43. The summed E-state index contributed by atoms with van der Waals surface area (Å²) < 4.78 is 20.7. The highest BCUT2D eigenvalue weighted by atomic mass is 19.1. The molecule has 0 bridgehead atoms. The van der Waals surface area contributed by atoms with Gasteiger partial charge in [0.25, 0.3) is 0 Å². The predicted octanol–water partition coefficient (Wildman–Crippen LogP) is 3.31. The second-order valence-corrected chi connectivity index (χ2v) is 6.41. The minimum absolute atomic E-state index is 0.299. The molecule has 0 aliphatic rings. The van der Waals surface area contributed by atoms with Crippen LogP contribution in [-0.4, -0.2) is 33.1 Å². The number of aromatic nitrogens is 2. The van der Waals surface area contributed by atoms with Crippen molar-refractivity contribution in [3.63, 3.8) is 0 Å². The Balaban J connectivity index is 1.84. The molecule has 0 atom stereocenters. The van der Waals surface area contributed by atoms with Crippen LogP contribution < -0.4 is 5.32 Å². The number of aromatic hydroxyl groups is 1. The summed E-state index contributed by atoms with van der Waals surface area (Å²) in [7, 11) is 0. The van der Waals surface area contributed by atoms with E-state index in [9.17, 15) is 14.3 Å². The molecule has 0 aliphatic heterocycles. The number of amides is 1. The average Bonchev–Trinajstić information content (AvgIpc) is 2.93. The molecule has 1 aromatic heterocycles. The number of ether oxygens (including phenoxy) is 1. The summed E-state index contributed by atoms with van der Waals surface area (Å²) in [5.74, 6) is -1.05. The lowest BCUT2D eigenvalue weighted by Crippen LogP contribution is -2.33. The topological polar surface area (TPSA) is 76.4 Å². The lowest BCUT2D eigenvalue weighted by molar-refractivity contribution is 0.0526. The molecular formula is C17H22FN3O3. The summed E-state index contributed by atoms with van der Waals surface area (Å²) in [6, 6.07) is 4.46. The van der Waals surface area contributed by atoms with Crippen molar-refractivity contribution in [1.29, 1.82) is 0 Å². The van der Waals surface area contributed by atoms with E-state index in [0.717, 1.165) is 0 Å². The fourth-order valence-corrected chi connectivity index (χ4v) is 2.11. The number of aryl methyl sites for hydroxylation is 1. The van der Waals surface area contributed by atoms with Crippen molar-refractivity contribution in [3.05, 3.63) is 36.4 Å². The van der Waals surface area contributed by atoms with Crippen LogP contribution in [0.15, 0.2) is 30.6 Å². The van der Waals surface area contributed by atoms with Crippen LogP contribution in [0.25, 0.3) is 11.1 Å². The Morgan fingerprint density at radius 2 is 2.17 bits per heavy atom. The minimum atomic E-state index is -0.663. The molecule has 7 heteroatoms. The van der Waals surface area contributed by atoms with E-state index >= 15 is 0 Å². The monoisotopic (exact) mass is 335 g/mol. The zero-order valence-corrected chi connectivity index (χ0v) is 14.0. The molecule has 2 rings (SSSR count). The Bertz CT molecular complexity index is 707. The Kier molecular flexibility index (Phi) is 5.43. The van der Waals surface area contributed by atoms with Crippen LogP contribution in [0.2, 0.25) is 0 Å². The number of carbonyl (C=O) groups is 1. The van der Waals surface area contributed by atoms with E-state index in [1.807, 2.05) is 0 Å². The summed E-state index contributed by atoms with van der Waals surface area (Å²) >= 11 is 0. The molecule has 130 valence electrons. The lowest BCUT2D eigenvalue weighted by atomic mass is 10.1. The zero-order valence-electron chi connectivity index (χ0n) is 14.0. The number of rotatable bonds is 5. The van der Waals surface area contributed by atoms with Gasteiger partial charge in [-0.25, -0.2) is 9.18 Å². The van der Waals surface area contributed by atoms with Crippen molar-refractivity contribution in [1.82, 2.24) is 15.1 Å². The smallest absolute Gasteiger partial charge is 0.407 e. The van der Waals surface area contributed by atoms with Crippen LogP contribution >= 0.6 is 0 Å². The first-order valence-corrected chi connectivity index (χ1v) is 7.73. The van der Waals surface area contributed by atoms with Gasteiger partial charge in [0.1, 0.15) is 5.60 Å². The van der Waals surface area contributed by atoms with E-state index in [4.69, 9.17) is 4.74 Å². The number of carbonyl (C=O) groups excluding carboxylic acids is 1. The molecule has 1 aromatic carbocycles. The van der Waals surface area contributed by atoms with Crippen LogP contribution in [0.3, 0.4) is 0 Å². The van der Waals surface area contributed by atoms with E-state index in [2.05, 4.69) is 10.4 Å². The van der Waals surface area contributed by atoms with E-state index in [1.54, 1.807) is 50.0 Å². The van der Waals surface area contributed by atoms with Crippen molar-refractivity contribution in [2.24, 2.45) is 0 Å². The van der Waals surface area contributed by atoms with E-state index in [-0.39, 0.29) is 5.75 Å². The molecule has 2 aromatic rings. The number of hydrogen-bond donors (Lipinski definition) is 2. The number of halogens is 1. The van der Waals surface area contributed by atoms with Crippen molar-refractivity contribution in [3.8, 4) is 16.9 Å². The maximum atomic E-state index is 13.9. The van der Waals surface area contributed by atoms with Gasteiger partial charge in [-0.2, -0.15) is 5.10 Å². The largest absolute Gasteiger partial charge is 0.505 e. The molecule has 0 fully saturated rings. The second-order valence-electron chi connectivity index (χ2n) is 6.41. The molecule has 0 spiro atoms. The van der Waals surface area contributed by atoms with Gasteiger partial charge in [-0.3, -0.25) is 4.68 Å². The van der Waals surface area contributed by atoms with Crippen LogP contribution in [-0.2, 0) is 11.3 Å².